The van der Waals surface area contributed by atoms with Crippen molar-refractivity contribution in [3.63, 3.8) is 0 Å². The number of nitrogens with one attached hydrogen (secondary N) is 1. The summed E-state index contributed by atoms with van der Waals surface area (Å²) in [6.07, 6.45) is 0.535. The molecule has 1 rings (SSSR count). The van der Waals surface area contributed by atoms with Gasteiger partial charge in [0, 0.05) is 5.69 Å². The van der Waals surface area contributed by atoms with E-state index in [0.717, 1.165) is 0 Å². The topological polar surface area (TPSA) is 115 Å². The molecule has 0 fully saturated rings. The van der Waals surface area contributed by atoms with Crippen molar-refractivity contribution in [2.75, 3.05) is 5.32 Å². The van der Waals surface area contributed by atoms with E-state index in [0.29, 0.717) is 17.7 Å². The molecule has 0 aliphatic rings. The molecular weight excluding hydrogens is 290 g/mol. The van der Waals surface area contributed by atoms with E-state index in [-0.39, 0.29) is 23.2 Å². The molecule has 0 radical (unpaired) electrons. The fourth-order valence-corrected chi connectivity index (χ4v) is 2.31. The van der Waals surface area contributed by atoms with Gasteiger partial charge in [0.15, 0.2) is 0 Å². The maximum atomic E-state index is 11.4. The van der Waals surface area contributed by atoms with Crippen LogP contribution in [-0.4, -0.2) is 20.4 Å². The molecule has 5 N–H and O–H groups in total. The van der Waals surface area contributed by atoms with Crippen LogP contribution in [0.1, 0.15) is 19.4 Å². The number of anilines is 1. The maximum Gasteiger partial charge on any atom is 0.240 e. The normalized spacial score (nSPS) is 12.4. The molecule has 0 heterocycles. The Balaban J connectivity index is 0.00000324. The van der Waals surface area contributed by atoms with Crippen LogP contribution in [0.3, 0.4) is 0 Å². The molecular formula is C11H18ClN3O3S. The van der Waals surface area contributed by atoms with Gasteiger partial charge >= 0.3 is 0 Å². The molecule has 0 saturated heterocycles. The molecule has 0 unspecified atom stereocenters. The van der Waals surface area contributed by atoms with E-state index in [1.165, 1.54) is 13.0 Å². The molecule has 1 aromatic carbocycles. The lowest BCUT2D eigenvalue weighted by Crippen LogP contribution is -2.32. The van der Waals surface area contributed by atoms with Crippen molar-refractivity contribution >= 4 is 34.0 Å². The zero-order valence-corrected chi connectivity index (χ0v) is 12.3. The fourth-order valence-electron chi connectivity index (χ4n) is 1.45. The van der Waals surface area contributed by atoms with E-state index in [4.69, 9.17) is 10.9 Å². The number of rotatable bonds is 4. The molecule has 1 atom stereocenters. The van der Waals surface area contributed by atoms with Crippen LogP contribution < -0.4 is 16.2 Å². The molecule has 19 heavy (non-hydrogen) atoms. The van der Waals surface area contributed by atoms with E-state index in [9.17, 15) is 13.2 Å². The van der Waals surface area contributed by atoms with Gasteiger partial charge in [-0.05, 0) is 31.0 Å². The number of carbonyl (C=O) groups is 1. The number of halogens is 1. The highest BCUT2D eigenvalue weighted by Gasteiger charge is 2.15. The third kappa shape index (κ3) is 4.79. The first-order valence-corrected chi connectivity index (χ1v) is 7.02. The number of hydrogen-bond acceptors (Lipinski definition) is 4. The van der Waals surface area contributed by atoms with Crippen molar-refractivity contribution in [3.05, 3.63) is 23.8 Å². The summed E-state index contributed by atoms with van der Waals surface area (Å²) in [5.41, 5.74) is 6.38. The Morgan fingerprint density at radius 3 is 2.42 bits per heavy atom. The highest BCUT2D eigenvalue weighted by atomic mass is 35.5. The number of aryl methyl sites for hydroxylation is 1. The van der Waals surface area contributed by atoms with Crippen molar-refractivity contribution in [2.45, 2.75) is 31.2 Å². The number of benzene rings is 1. The van der Waals surface area contributed by atoms with E-state index < -0.39 is 16.1 Å². The number of hydrogen-bond donors (Lipinski definition) is 3. The molecule has 6 nitrogen and oxygen atoms in total. The van der Waals surface area contributed by atoms with Crippen molar-refractivity contribution in [2.24, 2.45) is 10.9 Å². The number of carbonyl (C=O) groups excluding carboxylic acids is 1. The summed E-state index contributed by atoms with van der Waals surface area (Å²) < 4.78 is 22.8. The summed E-state index contributed by atoms with van der Waals surface area (Å²) in [6, 6.07) is 3.91. The molecule has 0 aliphatic heterocycles. The van der Waals surface area contributed by atoms with Gasteiger partial charge in [0.25, 0.3) is 0 Å². The number of nitrogens with two attached hydrogens (primary N) is 2. The Labute approximate surface area is 119 Å². The second kappa shape index (κ2) is 6.85. The minimum Gasteiger partial charge on any atom is -0.325 e. The molecule has 108 valence electrons. The van der Waals surface area contributed by atoms with Crippen LogP contribution in [0, 0.1) is 0 Å². The van der Waals surface area contributed by atoms with E-state index >= 15 is 0 Å². The van der Waals surface area contributed by atoms with Crippen molar-refractivity contribution in [1.82, 2.24) is 0 Å². The Kier molecular flexibility index (Phi) is 6.44. The van der Waals surface area contributed by atoms with Crippen LogP contribution in [0.2, 0.25) is 0 Å². The number of primary sulfonamides is 1. The second-order valence-electron chi connectivity index (χ2n) is 4.00. The van der Waals surface area contributed by atoms with E-state index in [1.54, 1.807) is 12.1 Å². The first kappa shape index (κ1) is 17.8. The monoisotopic (exact) mass is 307 g/mol. The van der Waals surface area contributed by atoms with Crippen LogP contribution in [-0.2, 0) is 21.2 Å². The first-order chi connectivity index (χ1) is 8.25. The molecule has 1 amide bonds. The Hall–Kier alpha value is -1.15. The highest BCUT2D eigenvalue weighted by molar-refractivity contribution is 7.89. The Morgan fingerprint density at radius 2 is 2.00 bits per heavy atom. The molecule has 0 aromatic heterocycles. The summed E-state index contributed by atoms with van der Waals surface area (Å²) in [5.74, 6) is -0.389. The van der Waals surface area contributed by atoms with Crippen molar-refractivity contribution < 1.29 is 13.2 Å². The minimum absolute atomic E-state index is 0. The SMILES string of the molecule is CCc1ccc(NC(=O)[C@H](C)N)cc1S(N)(=O)=O.Cl. The van der Waals surface area contributed by atoms with Gasteiger partial charge in [0.05, 0.1) is 10.9 Å². The molecule has 0 aliphatic carbocycles. The van der Waals surface area contributed by atoms with Crippen LogP contribution >= 0.6 is 12.4 Å². The highest BCUT2D eigenvalue weighted by Crippen LogP contribution is 2.20. The standard InChI is InChI=1S/C11H17N3O3S.ClH/c1-3-8-4-5-9(14-11(15)7(2)12)6-10(8)18(13,16)17;/h4-7H,3,12H2,1-2H3,(H,14,15)(H2,13,16,17);1H/t7-;/m0./s1. The van der Waals surface area contributed by atoms with Crippen LogP contribution in [0.4, 0.5) is 5.69 Å². The Morgan fingerprint density at radius 1 is 1.42 bits per heavy atom. The average molecular weight is 308 g/mol. The lowest BCUT2D eigenvalue weighted by Gasteiger charge is -2.11. The lowest BCUT2D eigenvalue weighted by atomic mass is 10.1. The first-order valence-electron chi connectivity index (χ1n) is 5.48. The van der Waals surface area contributed by atoms with Gasteiger partial charge in [-0.2, -0.15) is 0 Å². The largest absolute Gasteiger partial charge is 0.325 e. The van der Waals surface area contributed by atoms with Gasteiger partial charge in [0.2, 0.25) is 15.9 Å². The van der Waals surface area contributed by atoms with E-state index in [1.807, 2.05) is 6.92 Å². The maximum absolute atomic E-state index is 11.4. The van der Waals surface area contributed by atoms with Crippen LogP contribution in [0.25, 0.3) is 0 Å². The van der Waals surface area contributed by atoms with Crippen LogP contribution in [0.5, 0.6) is 0 Å². The summed E-state index contributed by atoms with van der Waals surface area (Å²) in [7, 11) is -3.81. The van der Waals surface area contributed by atoms with E-state index in [2.05, 4.69) is 5.32 Å². The molecule has 0 saturated carbocycles. The van der Waals surface area contributed by atoms with Crippen LogP contribution in [0.15, 0.2) is 23.1 Å². The predicted octanol–water partition coefficient (Wildman–Crippen LogP) is 0.604. The molecule has 8 heteroatoms. The van der Waals surface area contributed by atoms with Gasteiger partial charge in [0.1, 0.15) is 0 Å². The minimum atomic E-state index is -3.81. The smallest absolute Gasteiger partial charge is 0.240 e. The number of amides is 1. The summed E-state index contributed by atoms with van der Waals surface area (Å²) in [6.45, 7) is 3.36. The van der Waals surface area contributed by atoms with Gasteiger partial charge in [-0.25, -0.2) is 13.6 Å². The summed E-state index contributed by atoms with van der Waals surface area (Å²) in [4.78, 5) is 11.4. The van der Waals surface area contributed by atoms with Gasteiger partial charge in [-0.15, -0.1) is 12.4 Å². The molecule has 0 spiro atoms. The van der Waals surface area contributed by atoms with Crippen molar-refractivity contribution in [3.8, 4) is 0 Å². The quantitative estimate of drug-likeness (QED) is 0.755. The summed E-state index contributed by atoms with van der Waals surface area (Å²) in [5, 5.41) is 7.65. The Bertz CT molecular complexity index is 558. The second-order valence-corrected chi connectivity index (χ2v) is 5.53. The van der Waals surface area contributed by atoms with Gasteiger partial charge in [-0.1, -0.05) is 13.0 Å². The predicted molar refractivity (Wildman–Crippen MR) is 76.7 cm³/mol. The van der Waals surface area contributed by atoms with Crippen molar-refractivity contribution in [1.29, 1.82) is 0 Å². The number of sulfonamides is 1. The third-order valence-corrected chi connectivity index (χ3v) is 3.43. The third-order valence-electron chi connectivity index (χ3n) is 2.44. The molecule has 1 aromatic rings. The zero-order valence-electron chi connectivity index (χ0n) is 10.7. The van der Waals surface area contributed by atoms with Gasteiger partial charge in [-0.3, -0.25) is 4.79 Å². The zero-order chi connectivity index (χ0) is 13.9. The lowest BCUT2D eigenvalue weighted by molar-refractivity contribution is -0.117. The average Bonchev–Trinajstić information content (AvgIpc) is 2.27. The fraction of sp³-hybridized carbons (Fsp3) is 0.364. The molecule has 0 bridgehead atoms. The summed E-state index contributed by atoms with van der Waals surface area (Å²) >= 11 is 0. The van der Waals surface area contributed by atoms with Gasteiger partial charge < -0.3 is 11.1 Å².